The Morgan fingerprint density at radius 3 is 2.16 bits per heavy atom. The van der Waals surface area contributed by atoms with Crippen molar-refractivity contribution in [1.82, 2.24) is 5.32 Å². The lowest BCUT2D eigenvalue weighted by Gasteiger charge is -2.50. The summed E-state index contributed by atoms with van der Waals surface area (Å²) in [4.78, 5) is 12.3. The van der Waals surface area contributed by atoms with E-state index in [1.165, 1.54) is 0 Å². The first kappa shape index (κ1) is 12.2. The van der Waals surface area contributed by atoms with Crippen LogP contribution in [0.5, 0.6) is 0 Å². The molecule has 98 valence electrons. The van der Waals surface area contributed by atoms with Crippen LogP contribution in [0.3, 0.4) is 0 Å². The van der Waals surface area contributed by atoms with Crippen LogP contribution >= 0.6 is 0 Å². The van der Waals surface area contributed by atoms with Gasteiger partial charge in [-0.15, -0.1) is 0 Å². The summed E-state index contributed by atoms with van der Waals surface area (Å²) in [7, 11) is 0. The van der Waals surface area contributed by atoms with E-state index in [9.17, 15) is 10.1 Å². The van der Waals surface area contributed by atoms with Crippen LogP contribution in [0.2, 0.25) is 0 Å². The molecule has 4 rings (SSSR count). The molecule has 1 N–H and O–H groups in total. The van der Waals surface area contributed by atoms with Crippen LogP contribution in [0.15, 0.2) is 30.3 Å². The number of rotatable bonds is 2. The molecule has 3 fully saturated rings. The van der Waals surface area contributed by atoms with Gasteiger partial charge in [-0.2, -0.15) is 5.26 Å². The van der Waals surface area contributed by atoms with E-state index in [2.05, 4.69) is 11.4 Å². The van der Waals surface area contributed by atoms with Gasteiger partial charge in [0.05, 0.1) is 11.5 Å². The van der Waals surface area contributed by atoms with Gasteiger partial charge in [0.25, 0.3) is 5.91 Å². The predicted octanol–water partition coefficient (Wildman–Crippen LogP) is 3.03. The number of benzene rings is 1. The fourth-order valence-corrected chi connectivity index (χ4v) is 3.44. The molecule has 0 aromatic heterocycles. The van der Waals surface area contributed by atoms with Gasteiger partial charge in [0.1, 0.15) is 0 Å². The Morgan fingerprint density at radius 2 is 1.63 bits per heavy atom. The van der Waals surface area contributed by atoms with Crippen molar-refractivity contribution in [2.45, 2.75) is 44.1 Å². The zero-order valence-corrected chi connectivity index (χ0v) is 11.0. The summed E-state index contributed by atoms with van der Waals surface area (Å²) in [5, 5.41) is 12.5. The Hall–Kier alpha value is -1.82. The fraction of sp³-hybridized carbons (Fsp3) is 0.500. The molecule has 0 heterocycles. The second-order valence-corrected chi connectivity index (χ2v) is 5.99. The van der Waals surface area contributed by atoms with Gasteiger partial charge >= 0.3 is 0 Å². The van der Waals surface area contributed by atoms with Crippen molar-refractivity contribution in [3.05, 3.63) is 35.9 Å². The molecule has 3 nitrogen and oxygen atoms in total. The van der Waals surface area contributed by atoms with Crippen molar-refractivity contribution in [3.63, 3.8) is 0 Å². The van der Waals surface area contributed by atoms with Gasteiger partial charge in [0.15, 0.2) is 0 Å². The molecule has 0 unspecified atom stereocenters. The molecule has 0 saturated heterocycles. The highest BCUT2D eigenvalue weighted by Crippen LogP contribution is 2.51. The van der Waals surface area contributed by atoms with Gasteiger partial charge in [0.2, 0.25) is 0 Å². The van der Waals surface area contributed by atoms with E-state index in [0.29, 0.717) is 0 Å². The van der Waals surface area contributed by atoms with Crippen LogP contribution in [0, 0.1) is 16.7 Å². The monoisotopic (exact) mass is 254 g/mol. The summed E-state index contributed by atoms with van der Waals surface area (Å²) in [6.07, 6.45) is 5.62. The first-order valence-electron chi connectivity index (χ1n) is 6.96. The second-order valence-electron chi connectivity index (χ2n) is 5.99. The minimum absolute atomic E-state index is 0.0203. The molecule has 3 heteroatoms. The average molecular weight is 254 g/mol. The Bertz CT molecular complexity index is 505. The zero-order chi connectivity index (χ0) is 13.3. The summed E-state index contributed by atoms with van der Waals surface area (Å²) in [5.74, 6) is 0.0203. The molecule has 0 atom stereocenters. The molecule has 2 bridgehead atoms. The highest BCUT2D eigenvalue weighted by molar-refractivity contribution is 5.94. The summed E-state index contributed by atoms with van der Waals surface area (Å²) in [5.41, 5.74) is 0.560. The summed E-state index contributed by atoms with van der Waals surface area (Å²) in [6, 6.07) is 11.9. The Balaban J connectivity index is 1.72. The molecule has 0 aliphatic heterocycles. The van der Waals surface area contributed by atoms with Crippen molar-refractivity contribution >= 4 is 5.91 Å². The maximum absolute atomic E-state index is 12.3. The van der Waals surface area contributed by atoms with E-state index in [-0.39, 0.29) is 16.9 Å². The smallest absolute Gasteiger partial charge is 0.251 e. The molecule has 19 heavy (non-hydrogen) atoms. The maximum atomic E-state index is 12.3. The Labute approximate surface area is 113 Å². The van der Waals surface area contributed by atoms with Crippen molar-refractivity contribution in [2.24, 2.45) is 5.41 Å². The number of carbonyl (C=O) groups is 1. The van der Waals surface area contributed by atoms with Crippen LogP contribution in [0.4, 0.5) is 0 Å². The van der Waals surface area contributed by atoms with Gasteiger partial charge in [-0.1, -0.05) is 18.2 Å². The lowest BCUT2D eigenvalue weighted by Crippen LogP contribution is -2.56. The standard InChI is InChI=1S/C16H18N2O/c17-12-15-6-9-16(10-7-15,11-8-15)18-14(19)13-4-2-1-3-5-13/h1-5H,6-11H2,(H,18,19). The second kappa shape index (κ2) is 4.38. The number of hydrogen-bond acceptors (Lipinski definition) is 2. The highest BCUT2D eigenvalue weighted by Gasteiger charge is 2.49. The Kier molecular flexibility index (Phi) is 2.82. The SMILES string of the molecule is N#CC12CCC(NC(=O)c3ccccc3)(CC1)CC2. The molecule has 0 spiro atoms. The third kappa shape index (κ3) is 2.12. The van der Waals surface area contributed by atoms with Crippen LogP contribution in [0.25, 0.3) is 0 Å². The van der Waals surface area contributed by atoms with Crippen LogP contribution in [-0.2, 0) is 0 Å². The highest BCUT2D eigenvalue weighted by atomic mass is 16.1. The van der Waals surface area contributed by atoms with Crippen molar-refractivity contribution in [1.29, 1.82) is 5.26 Å². The lowest BCUT2D eigenvalue weighted by atomic mass is 9.58. The van der Waals surface area contributed by atoms with E-state index >= 15 is 0 Å². The van der Waals surface area contributed by atoms with E-state index < -0.39 is 0 Å². The van der Waals surface area contributed by atoms with Crippen LogP contribution < -0.4 is 5.32 Å². The largest absolute Gasteiger partial charge is 0.347 e. The van der Waals surface area contributed by atoms with E-state index in [1.54, 1.807) is 0 Å². The minimum atomic E-state index is -0.0980. The average Bonchev–Trinajstić information content (AvgIpc) is 2.50. The number of carbonyl (C=O) groups excluding carboxylic acids is 1. The summed E-state index contributed by atoms with van der Waals surface area (Å²) >= 11 is 0. The molecule has 1 aromatic rings. The predicted molar refractivity (Wildman–Crippen MR) is 72.4 cm³/mol. The Morgan fingerprint density at radius 1 is 1.05 bits per heavy atom. The molecule has 0 radical (unpaired) electrons. The first-order chi connectivity index (χ1) is 9.17. The molecule has 1 aromatic carbocycles. The third-order valence-electron chi connectivity index (χ3n) is 4.90. The van der Waals surface area contributed by atoms with Gasteiger partial charge in [-0.3, -0.25) is 4.79 Å². The van der Waals surface area contributed by atoms with Gasteiger partial charge in [-0.25, -0.2) is 0 Å². The molecule has 1 amide bonds. The zero-order valence-electron chi connectivity index (χ0n) is 11.0. The van der Waals surface area contributed by atoms with Gasteiger partial charge < -0.3 is 5.32 Å². The summed E-state index contributed by atoms with van der Waals surface area (Å²) < 4.78 is 0. The topological polar surface area (TPSA) is 52.9 Å². The van der Waals surface area contributed by atoms with E-state index in [1.807, 2.05) is 30.3 Å². The van der Waals surface area contributed by atoms with Crippen molar-refractivity contribution in [3.8, 4) is 6.07 Å². The minimum Gasteiger partial charge on any atom is -0.347 e. The number of nitriles is 1. The first-order valence-corrected chi connectivity index (χ1v) is 6.96. The quantitative estimate of drug-likeness (QED) is 0.882. The summed E-state index contributed by atoms with van der Waals surface area (Å²) in [6.45, 7) is 0. The van der Waals surface area contributed by atoms with Gasteiger partial charge in [0, 0.05) is 11.1 Å². The molecule has 3 aliphatic rings. The number of nitrogens with zero attached hydrogens (tertiary/aromatic N) is 1. The molecular formula is C16H18N2O. The lowest BCUT2D eigenvalue weighted by molar-refractivity contribution is 0.0521. The number of nitrogens with one attached hydrogen (secondary N) is 1. The number of hydrogen-bond donors (Lipinski definition) is 1. The molecule has 3 aliphatic carbocycles. The molecule has 3 saturated carbocycles. The fourth-order valence-electron chi connectivity index (χ4n) is 3.44. The number of fused-ring (bicyclic) bond motifs is 3. The van der Waals surface area contributed by atoms with Gasteiger partial charge in [-0.05, 0) is 50.7 Å². The normalized spacial score (nSPS) is 32.6. The number of amides is 1. The van der Waals surface area contributed by atoms with E-state index in [0.717, 1.165) is 44.1 Å². The van der Waals surface area contributed by atoms with Crippen molar-refractivity contribution in [2.75, 3.05) is 0 Å². The maximum Gasteiger partial charge on any atom is 0.251 e. The third-order valence-corrected chi connectivity index (χ3v) is 4.90. The molecular weight excluding hydrogens is 236 g/mol. The van der Waals surface area contributed by atoms with Crippen LogP contribution in [0.1, 0.15) is 48.9 Å². The van der Waals surface area contributed by atoms with Crippen molar-refractivity contribution < 1.29 is 4.79 Å². The van der Waals surface area contributed by atoms with Crippen LogP contribution in [-0.4, -0.2) is 11.4 Å². The van der Waals surface area contributed by atoms with E-state index in [4.69, 9.17) is 0 Å².